The fourth-order valence-electron chi connectivity index (χ4n) is 1.72. The van der Waals surface area contributed by atoms with Crippen LogP contribution in [0.4, 0.5) is 11.6 Å². The van der Waals surface area contributed by atoms with E-state index in [2.05, 4.69) is 25.3 Å². The molecule has 0 bridgehead atoms. The predicted molar refractivity (Wildman–Crippen MR) is 69.0 cm³/mol. The van der Waals surface area contributed by atoms with E-state index < -0.39 is 0 Å². The molecule has 0 unspecified atom stereocenters. The summed E-state index contributed by atoms with van der Waals surface area (Å²) in [7, 11) is 0. The minimum absolute atomic E-state index is 0.285. The van der Waals surface area contributed by atoms with Crippen molar-refractivity contribution in [2.75, 3.05) is 5.32 Å². The maximum absolute atomic E-state index is 11.1. The van der Waals surface area contributed by atoms with Gasteiger partial charge in [0.25, 0.3) is 0 Å². The average Bonchev–Trinajstić information content (AvgIpc) is 2.71. The van der Waals surface area contributed by atoms with Gasteiger partial charge in [0.15, 0.2) is 5.65 Å². The number of fused-ring (bicyclic) bond motifs is 1. The molecule has 0 aliphatic carbocycles. The van der Waals surface area contributed by atoms with Crippen LogP contribution >= 0.6 is 0 Å². The second-order valence-corrected chi connectivity index (χ2v) is 3.97. The molecular formula is C12H11N5O. The Balaban J connectivity index is 2.00. The first-order valence-corrected chi connectivity index (χ1v) is 5.50. The highest BCUT2D eigenvalue weighted by molar-refractivity contribution is 5.71. The molecule has 3 aromatic rings. The van der Waals surface area contributed by atoms with Crippen LogP contribution in [0.25, 0.3) is 11.2 Å². The number of imidazole rings is 1. The molecule has 0 saturated heterocycles. The number of hydrogen-bond acceptors (Lipinski definition) is 4. The van der Waals surface area contributed by atoms with Crippen LogP contribution in [0, 0.1) is 6.92 Å². The lowest BCUT2D eigenvalue weighted by Crippen LogP contribution is -2.00. The van der Waals surface area contributed by atoms with E-state index in [0.29, 0.717) is 17.1 Å². The maximum Gasteiger partial charge on any atom is 0.325 e. The number of nitrogens with zero attached hydrogens (tertiary/aromatic N) is 2. The molecule has 6 nitrogen and oxygen atoms in total. The van der Waals surface area contributed by atoms with Crippen molar-refractivity contribution in [3.05, 3.63) is 46.5 Å². The van der Waals surface area contributed by atoms with E-state index in [1.54, 1.807) is 6.20 Å². The summed E-state index contributed by atoms with van der Waals surface area (Å²) in [4.78, 5) is 24.7. The summed E-state index contributed by atoms with van der Waals surface area (Å²) < 4.78 is 0. The molecule has 3 N–H and O–H groups in total. The van der Waals surface area contributed by atoms with Crippen molar-refractivity contribution in [2.24, 2.45) is 0 Å². The van der Waals surface area contributed by atoms with E-state index in [9.17, 15) is 4.79 Å². The summed E-state index contributed by atoms with van der Waals surface area (Å²) in [6, 6.07) is 7.85. The van der Waals surface area contributed by atoms with Gasteiger partial charge in [0.05, 0.1) is 6.20 Å². The second-order valence-electron chi connectivity index (χ2n) is 3.97. The molecule has 0 aliphatic heterocycles. The lowest BCUT2D eigenvalue weighted by molar-refractivity contribution is 1.18. The summed E-state index contributed by atoms with van der Waals surface area (Å²) in [6.07, 6.45) is 1.57. The molecule has 6 heteroatoms. The molecule has 0 atom stereocenters. The van der Waals surface area contributed by atoms with Crippen LogP contribution in [0.15, 0.2) is 35.3 Å². The van der Waals surface area contributed by atoms with Gasteiger partial charge in [0.2, 0.25) is 5.95 Å². The Morgan fingerprint density at radius 2 is 2.06 bits per heavy atom. The smallest absolute Gasteiger partial charge is 0.324 e. The molecule has 0 fully saturated rings. The van der Waals surface area contributed by atoms with Crippen LogP contribution in [-0.4, -0.2) is 19.9 Å². The minimum atomic E-state index is -0.285. The Kier molecular flexibility index (Phi) is 2.33. The van der Waals surface area contributed by atoms with Crippen molar-refractivity contribution in [2.45, 2.75) is 6.92 Å². The highest BCUT2D eigenvalue weighted by atomic mass is 16.1. The largest absolute Gasteiger partial charge is 0.325 e. The summed E-state index contributed by atoms with van der Waals surface area (Å²) in [5.41, 5.74) is 2.84. The SMILES string of the molecule is Cc1ccccc1Nc1ncc2[nH]c(=O)[nH]c2n1. The van der Waals surface area contributed by atoms with Crippen LogP contribution < -0.4 is 11.0 Å². The maximum atomic E-state index is 11.1. The Labute approximate surface area is 102 Å². The molecule has 3 rings (SSSR count). The topological polar surface area (TPSA) is 86.5 Å². The van der Waals surface area contributed by atoms with Gasteiger partial charge in [0.1, 0.15) is 5.52 Å². The number of anilines is 2. The fraction of sp³-hybridized carbons (Fsp3) is 0.0833. The van der Waals surface area contributed by atoms with Gasteiger partial charge < -0.3 is 10.3 Å². The fourth-order valence-corrected chi connectivity index (χ4v) is 1.72. The Morgan fingerprint density at radius 3 is 2.89 bits per heavy atom. The number of benzene rings is 1. The number of rotatable bonds is 2. The van der Waals surface area contributed by atoms with Gasteiger partial charge in [-0.3, -0.25) is 4.98 Å². The van der Waals surface area contributed by atoms with Crippen molar-refractivity contribution >= 4 is 22.8 Å². The zero-order valence-electron chi connectivity index (χ0n) is 9.69. The Bertz CT molecular complexity index is 758. The van der Waals surface area contributed by atoms with Crippen molar-refractivity contribution in [3.8, 4) is 0 Å². The first kappa shape index (κ1) is 10.5. The number of aryl methyl sites for hydroxylation is 1. The van der Waals surface area contributed by atoms with Crippen molar-refractivity contribution in [3.63, 3.8) is 0 Å². The van der Waals surface area contributed by atoms with E-state index in [1.165, 1.54) is 0 Å². The van der Waals surface area contributed by atoms with Crippen LogP contribution in [-0.2, 0) is 0 Å². The van der Waals surface area contributed by atoms with E-state index in [4.69, 9.17) is 0 Å². The molecule has 0 amide bonds. The van der Waals surface area contributed by atoms with Gasteiger partial charge in [-0.1, -0.05) is 18.2 Å². The summed E-state index contributed by atoms with van der Waals surface area (Å²) >= 11 is 0. The molecule has 0 aliphatic rings. The van der Waals surface area contributed by atoms with Crippen molar-refractivity contribution in [1.82, 2.24) is 19.9 Å². The molecule has 0 saturated carbocycles. The van der Waals surface area contributed by atoms with Gasteiger partial charge in [-0.15, -0.1) is 0 Å². The number of H-pyrrole nitrogens is 2. The number of nitrogens with one attached hydrogen (secondary N) is 3. The minimum Gasteiger partial charge on any atom is -0.324 e. The first-order valence-electron chi connectivity index (χ1n) is 5.50. The van der Waals surface area contributed by atoms with E-state index in [1.807, 2.05) is 31.2 Å². The number of hydrogen-bond donors (Lipinski definition) is 3. The second kappa shape index (κ2) is 3.99. The van der Waals surface area contributed by atoms with Gasteiger partial charge in [-0.25, -0.2) is 9.78 Å². The Hall–Kier alpha value is -2.63. The van der Waals surface area contributed by atoms with Gasteiger partial charge in [-0.2, -0.15) is 4.98 Å². The highest BCUT2D eigenvalue weighted by Crippen LogP contribution is 2.17. The predicted octanol–water partition coefficient (Wildman–Crippen LogP) is 1.70. The van der Waals surface area contributed by atoms with Crippen LogP contribution in [0.3, 0.4) is 0 Å². The summed E-state index contributed by atoms with van der Waals surface area (Å²) in [5.74, 6) is 0.451. The van der Waals surface area contributed by atoms with E-state index in [0.717, 1.165) is 11.3 Å². The quantitative estimate of drug-likeness (QED) is 0.637. The number of aromatic amines is 2. The third kappa shape index (κ3) is 1.84. The third-order valence-corrected chi connectivity index (χ3v) is 2.66. The van der Waals surface area contributed by atoms with Crippen LogP contribution in [0.2, 0.25) is 0 Å². The molecule has 90 valence electrons. The molecule has 1 aromatic carbocycles. The lowest BCUT2D eigenvalue weighted by Gasteiger charge is -2.06. The molecule has 18 heavy (non-hydrogen) atoms. The standard InChI is InChI=1S/C12H11N5O/c1-7-4-2-3-5-8(7)14-11-13-6-9-10(16-11)17-12(18)15-9/h2-6H,1H3,(H3,13,14,15,16,17,18). The summed E-state index contributed by atoms with van der Waals surface area (Å²) in [5, 5.41) is 3.12. The molecular weight excluding hydrogens is 230 g/mol. The van der Waals surface area contributed by atoms with Crippen LogP contribution in [0.1, 0.15) is 5.56 Å². The van der Waals surface area contributed by atoms with Gasteiger partial charge in [0, 0.05) is 5.69 Å². The molecule has 0 spiro atoms. The first-order chi connectivity index (χ1) is 8.72. The van der Waals surface area contributed by atoms with Crippen LogP contribution in [0.5, 0.6) is 0 Å². The van der Waals surface area contributed by atoms with Gasteiger partial charge >= 0.3 is 5.69 Å². The molecule has 2 heterocycles. The normalized spacial score (nSPS) is 10.7. The van der Waals surface area contributed by atoms with Crippen molar-refractivity contribution in [1.29, 1.82) is 0 Å². The van der Waals surface area contributed by atoms with Crippen molar-refractivity contribution < 1.29 is 0 Å². The molecule has 2 aromatic heterocycles. The van der Waals surface area contributed by atoms with E-state index in [-0.39, 0.29) is 5.69 Å². The molecule has 0 radical (unpaired) electrons. The lowest BCUT2D eigenvalue weighted by atomic mass is 10.2. The summed E-state index contributed by atoms with van der Waals surface area (Å²) in [6.45, 7) is 2.00. The highest BCUT2D eigenvalue weighted by Gasteiger charge is 2.04. The average molecular weight is 241 g/mol. The number of para-hydroxylation sites is 1. The Morgan fingerprint density at radius 1 is 1.22 bits per heavy atom. The monoisotopic (exact) mass is 241 g/mol. The zero-order chi connectivity index (χ0) is 12.5. The number of aromatic nitrogens is 4. The zero-order valence-corrected chi connectivity index (χ0v) is 9.69. The van der Waals surface area contributed by atoms with E-state index >= 15 is 0 Å². The third-order valence-electron chi connectivity index (χ3n) is 2.66. The van der Waals surface area contributed by atoms with Gasteiger partial charge in [-0.05, 0) is 18.6 Å².